The molecule has 0 saturated heterocycles. The highest BCUT2D eigenvalue weighted by Crippen LogP contribution is 2.33. The number of guanidine groups is 2. The summed E-state index contributed by atoms with van der Waals surface area (Å²) < 4.78 is 0. The largest absolute Gasteiger partial charge is 0.369 e. The van der Waals surface area contributed by atoms with Crippen LogP contribution < -0.4 is 32.3 Å². The van der Waals surface area contributed by atoms with Crippen LogP contribution in [0.25, 0.3) is 0 Å². The first-order valence-corrected chi connectivity index (χ1v) is 12.5. The van der Waals surface area contributed by atoms with Crippen molar-refractivity contribution in [3.63, 3.8) is 0 Å². The standard InChI is InChI=1S/C14H20Cl2N4O.C10H12Cl2N4O/c1-8-6-9(15)7-10(16)11(8)20(5)12(17)18-13(21)19-14(2,3)4;1-5-3-6(11)4-7(12)8(5)16(2)9(13)15-10(14)17/h6-7H,1-5H3,(H3,17,18,19,21);3-4H,1-2H3,(H4,13,14,15,17). The maximum Gasteiger partial charge on any atom is 0.344 e. The molecule has 208 valence electrons. The Bertz CT molecular complexity index is 1210. The van der Waals surface area contributed by atoms with E-state index in [0.29, 0.717) is 31.5 Å². The maximum absolute atomic E-state index is 11.8. The number of carbonyl (C=O) groups excluding carboxylic acids is 2. The van der Waals surface area contributed by atoms with E-state index in [1.54, 1.807) is 43.3 Å². The number of nitrogens with zero attached hydrogens (tertiary/aromatic N) is 4. The number of hydrogen-bond acceptors (Lipinski definition) is 2. The van der Waals surface area contributed by atoms with Gasteiger partial charge < -0.3 is 32.3 Å². The summed E-state index contributed by atoms with van der Waals surface area (Å²) in [6.45, 7) is 9.26. The maximum atomic E-state index is 11.8. The van der Waals surface area contributed by atoms with Crippen molar-refractivity contribution in [2.24, 2.45) is 27.2 Å². The van der Waals surface area contributed by atoms with E-state index in [-0.39, 0.29) is 17.5 Å². The summed E-state index contributed by atoms with van der Waals surface area (Å²) in [6, 6.07) is 5.33. The number of aliphatic imine (C=N–C) groups is 2. The number of hydrogen-bond donors (Lipinski definition) is 4. The number of nitrogens with two attached hydrogens (primary N) is 3. The Morgan fingerprint density at radius 3 is 1.45 bits per heavy atom. The van der Waals surface area contributed by atoms with Crippen molar-refractivity contribution in [1.29, 1.82) is 0 Å². The predicted molar refractivity (Wildman–Crippen MR) is 160 cm³/mol. The Hall–Kier alpha value is -2.92. The predicted octanol–water partition coefficient (Wildman–Crippen LogP) is 5.69. The second kappa shape index (κ2) is 13.7. The summed E-state index contributed by atoms with van der Waals surface area (Å²) in [7, 11) is 3.31. The lowest BCUT2D eigenvalue weighted by Crippen LogP contribution is -2.42. The summed E-state index contributed by atoms with van der Waals surface area (Å²) in [4.78, 5) is 32.7. The van der Waals surface area contributed by atoms with Gasteiger partial charge in [-0.05, 0) is 70.0 Å². The zero-order valence-corrected chi connectivity index (χ0v) is 25.2. The average Bonchev–Trinajstić information content (AvgIpc) is 2.70. The quantitative estimate of drug-likeness (QED) is 0.254. The van der Waals surface area contributed by atoms with Crippen LogP contribution in [0.4, 0.5) is 21.0 Å². The molecule has 0 aromatic heterocycles. The molecular formula is C24H32Cl4N8O2. The van der Waals surface area contributed by atoms with Gasteiger partial charge in [-0.2, -0.15) is 9.98 Å². The van der Waals surface area contributed by atoms with Crippen LogP contribution in [0.1, 0.15) is 31.9 Å². The highest BCUT2D eigenvalue weighted by molar-refractivity contribution is 6.37. The second-order valence-corrected chi connectivity index (χ2v) is 10.9. The van der Waals surface area contributed by atoms with Crippen LogP contribution in [-0.4, -0.2) is 43.6 Å². The van der Waals surface area contributed by atoms with Crippen molar-refractivity contribution in [2.75, 3.05) is 23.9 Å². The third kappa shape index (κ3) is 10.1. The lowest BCUT2D eigenvalue weighted by atomic mass is 10.1. The number of aryl methyl sites for hydroxylation is 2. The fourth-order valence-corrected chi connectivity index (χ4v) is 4.63. The van der Waals surface area contributed by atoms with Crippen LogP contribution in [0, 0.1) is 13.8 Å². The minimum Gasteiger partial charge on any atom is -0.369 e. The third-order valence-corrected chi connectivity index (χ3v) is 5.73. The van der Waals surface area contributed by atoms with Gasteiger partial charge in [0.2, 0.25) is 11.9 Å². The summed E-state index contributed by atoms with van der Waals surface area (Å²) in [5.74, 6) is 0.00824. The molecule has 0 saturated carbocycles. The number of benzene rings is 2. The molecular weight excluding hydrogens is 574 g/mol. The second-order valence-electron chi connectivity index (χ2n) is 9.18. The van der Waals surface area contributed by atoms with Gasteiger partial charge in [0.05, 0.1) is 21.4 Å². The Balaban J connectivity index is 0.000000389. The van der Waals surface area contributed by atoms with E-state index in [4.69, 9.17) is 63.6 Å². The molecule has 14 heteroatoms. The fourth-order valence-electron chi connectivity index (χ4n) is 3.18. The van der Waals surface area contributed by atoms with E-state index in [1.807, 2.05) is 34.6 Å². The molecule has 0 atom stereocenters. The summed E-state index contributed by atoms with van der Waals surface area (Å²) in [5.41, 5.74) is 19.0. The Morgan fingerprint density at radius 2 is 1.13 bits per heavy atom. The molecule has 0 aliphatic heterocycles. The fraction of sp³-hybridized carbons (Fsp3) is 0.333. The summed E-state index contributed by atoms with van der Waals surface area (Å²) >= 11 is 24.0. The zero-order chi connectivity index (χ0) is 29.5. The number of carbonyl (C=O) groups is 2. The molecule has 0 radical (unpaired) electrons. The Kier molecular flexibility index (Phi) is 12.0. The molecule has 0 heterocycles. The topological polar surface area (TPSA) is 155 Å². The van der Waals surface area contributed by atoms with Crippen LogP contribution in [0.15, 0.2) is 34.3 Å². The Labute approximate surface area is 242 Å². The molecule has 38 heavy (non-hydrogen) atoms. The van der Waals surface area contributed by atoms with E-state index in [2.05, 4.69) is 15.3 Å². The first-order chi connectivity index (χ1) is 17.3. The van der Waals surface area contributed by atoms with Gasteiger partial charge in [-0.1, -0.05) is 46.4 Å². The van der Waals surface area contributed by atoms with Gasteiger partial charge in [0.15, 0.2) is 0 Å². The van der Waals surface area contributed by atoms with Crippen LogP contribution in [0.5, 0.6) is 0 Å². The summed E-state index contributed by atoms with van der Waals surface area (Å²) in [6.07, 6.45) is 0. The van der Waals surface area contributed by atoms with Crippen molar-refractivity contribution in [2.45, 2.75) is 40.2 Å². The summed E-state index contributed by atoms with van der Waals surface area (Å²) in [5, 5.41) is 4.63. The van der Waals surface area contributed by atoms with E-state index < -0.39 is 12.1 Å². The van der Waals surface area contributed by atoms with E-state index >= 15 is 0 Å². The van der Waals surface area contributed by atoms with E-state index in [1.165, 1.54) is 4.90 Å². The van der Waals surface area contributed by atoms with Gasteiger partial charge in [0.1, 0.15) is 0 Å². The molecule has 0 bridgehead atoms. The molecule has 0 spiro atoms. The van der Waals surface area contributed by atoms with Crippen molar-refractivity contribution >= 4 is 81.8 Å². The molecule has 7 N–H and O–H groups in total. The number of halogens is 4. The van der Waals surface area contributed by atoms with Crippen LogP contribution in [0.3, 0.4) is 0 Å². The zero-order valence-electron chi connectivity index (χ0n) is 22.2. The normalized spacial score (nSPS) is 11.9. The first kappa shape index (κ1) is 33.1. The molecule has 2 rings (SSSR count). The number of anilines is 2. The van der Waals surface area contributed by atoms with Crippen LogP contribution in [0.2, 0.25) is 20.1 Å². The lowest BCUT2D eigenvalue weighted by molar-refractivity contribution is 0.240. The number of primary amides is 1. The average molecular weight is 606 g/mol. The first-order valence-electron chi connectivity index (χ1n) is 11.0. The van der Waals surface area contributed by atoms with Gasteiger partial charge in [-0.25, -0.2) is 9.59 Å². The monoisotopic (exact) mass is 604 g/mol. The van der Waals surface area contributed by atoms with E-state index in [9.17, 15) is 9.59 Å². The molecule has 0 fully saturated rings. The van der Waals surface area contributed by atoms with Gasteiger partial charge in [-0.15, -0.1) is 0 Å². The Morgan fingerprint density at radius 1 is 0.763 bits per heavy atom. The lowest BCUT2D eigenvalue weighted by Gasteiger charge is -2.23. The van der Waals surface area contributed by atoms with Crippen molar-refractivity contribution in [3.8, 4) is 0 Å². The van der Waals surface area contributed by atoms with Crippen molar-refractivity contribution < 1.29 is 9.59 Å². The van der Waals surface area contributed by atoms with E-state index in [0.717, 1.165) is 11.1 Å². The van der Waals surface area contributed by atoms with Gasteiger partial charge in [0, 0.05) is 29.7 Å². The van der Waals surface area contributed by atoms with Crippen LogP contribution >= 0.6 is 46.4 Å². The molecule has 0 aliphatic rings. The minimum absolute atomic E-state index is 0.0372. The van der Waals surface area contributed by atoms with Crippen LogP contribution in [-0.2, 0) is 0 Å². The minimum atomic E-state index is -0.864. The third-order valence-electron chi connectivity index (χ3n) is 4.72. The number of rotatable bonds is 2. The number of urea groups is 2. The SMILES string of the molecule is Cc1cc(Cl)cc(Cl)c1N(C)/C(N)=N\C(=O)NC(C)(C)C.Cc1cc(Cl)cc(Cl)c1N(C)/C(N)=N\C(N)=O. The number of nitrogens with one attached hydrogen (secondary N) is 1. The highest BCUT2D eigenvalue weighted by atomic mass is 35.5. The van der Waals surface area contributed by atoms with Gasteiger partial charge >= 0.3 is 12.1 Å². The molecule has 0 aliphatic carbocycles. The van der Waals surface area contributed by atoms with Crippen molar-refractivity contribution in [3.05, 3.63) is 55.5 Å². The molecule has 2 aromatic rings. The van der Waals surface area contributed by atoms with Crippen molar-refractivity contribution in [1.82, 2.24) is 5.32 Å². The molecule has 4 amide bonds. The van der Waals surface area contributed by atoms with Gasteiger partial charge in [-0.3, -0.25) is 0 Å². The number of amides is 4. The molecule has 2 aromatic carbocycles. The molecule has 0 unspecified atom stereocenters. The highest BCUT2D eigenvalue weighted by Gasteiger charge is 2.17. The smallest absolute Gasteiger partial charge is 0.344 e. The van der Waals surface area contributed by atoms with Gasteiger partial charge in [0.25, 0.3) is 0 Å². The molecule has 10 nitrogen and oxygen atoms in total.